The van der Waals surface area contributed by atoms with Crippen molar-refractivity contribution < 1.29 is 80.2 Å². The molecule has 0 aromatic rings. The number of carbonyl (C=O) groups is 4. The van der Waals surface area contributed by atoms with Crippen LogP contribution in [0.1, 0.15) is 337 Å². The Balaban J connectivity index is 5.20. The Morgan fingerprint density at radius 1 is 0.314 bits per heavy atom. The monoisotopic (exact) mass is 1270 g/mol. The first-order valence-corrected chi connectivity index (χ1v) is 38.0. The molecule has 0 spiro atoms. The highest BCUT2D eigenvalue weighted by atomic mass is 31.2. The second kappa shape index (κ2) is 59.4. The molecule has 17 nitrogen and oxygen atoms in total. The first-order valence-electron chi connectivity index (χ1n) is 35.0. The van der Waals surface area contributed by atoms with Crippen LogP contribution in [0.5, 0.6) is 0 Å². The summed E-state index contributed by atoms with van der Waals surface area (Å²) in [6.45, 7) is 9.43. The molecule has 0 aliphatic rings. The Kier molecular flexibility index (Phi) is 58.0. The first-order chi connectivity index (χ1) is 41.4. The van der Waals surface area contributed by atoms with Crippen LogP contribution >= 0.6 is 15.6 Å². The lowest BCUT2D eigenvalue weighted by molar-refractivity contribution is -0.161. The topological polar surface area (TPSA) is 237 Å². The number of phosphoric acid groups is 2. The van der Waals surface area contributed by atoms with Crippen molar-refractivity contribution in [3.05, 3.63) is 0 Å². The molecule has 0 aliphatic heterocycles. The van der Waals surface area contributed by atoms with Crippen molar-refractivity contribution in [2.45, 2.75) is 355 Å². The summed E-state index contributed by atoms with van der Waals surface area (Å²) < 4.78 is 68.0. The van der Waals surface area contributed by atoms with E-state index in [-0.39, 0.29) is 25.7 Å². The lowest BCUT2D eigenvalue weighted by atomic mass is 10.0. The van der Waals surface area contributed by atoms with Crippen LogP contribution in [0.2, 0.25) is 0 Å². The minimum absolute atomic E-state index is 0.102. The van der Waals surface area contributed by atoms with E-state index in [2.05, 4.69) is 41.5 Å². The summed E-state index contributed by atoms with van der Waals surface area (Å²) in [5, 5.41) is 10.5. The van der Waals surface area contributed by atoms with Crippen LogP contribution in [-0.2, 0) is 65.4 Å². The predicted octanol–water partition coefficient (Wildman–Crippen LogP) is 18.8. The fraction of sp³-hybridized carbons (Fsp3) is 0.940. The minimum atomic E-state index is -4.95. The van der Waals surface area contributed by atoms with E-state index in [1.54, 1.807) is 0 Å². The molecule has 19 heteroatoms. The van der Waals surface area contributed by atoms with Gasteiger partial charge in [-0.25, -0.2) is 9.13 Å². The molecule has 5 atom stereocenters. The van der Waals surface area contributed by atoms with Gasteiger partial charge in [0.25, 0.3) is 0 Å². The highest BCUT2D eigenvalue weighted by Crippen LogP contribution is 2.45. The molecule has 3 N–H and O–H groups in total. The van der Waals surface area contributed by atoms with Gasteiger partial charge in [0.1, 0.15) is 19.3 Å². The highest BCUT2D eigenvalue weighted by Gasteiger charge is 2.30. The third-order valence-electron chi connectivity index (χ3n) is 15.5. The third kappa shape index (κ3) is 60.9. The SMILES string of the molecule is CCCCCCCCCCCCCCC(=O)OC[C@H](COP(=O)(O)OC[C@@H](O)COP(=O)(O)OC[C@@H](COC(=O)CCCCCCCCCC)OC(=O)CCCCCCCCC(C)C)OC(=O)CCCCCCCCCCCCCCCCC(C)C. The molecule has 0 saturated carbocycles. The zero-order chi connectivity index (χ0) is 63.6. The zero-order valence-corrected chi connectivity index (χ0v) is 57.4. The van der Waals surface area contributed by atoms with Gasteiger partial charge >= 0.3 is 39.5 Å². The number of phosphoric ester groups is 2. The molecule has 86 heavy (non-hydrogen) atoms. The van der Waals surface area contributed by atoms with Crippen molar-refractivity contribution in [3.8, 4) is 0 Å². The van der Waals surface area contributed by atoms with Crippen LogP contribution in [0.3, 0.4) is 0 Å². The van der Waals surface area contributed by atoms with E-state index < -0.39 is 97.5 Å². The molecule has 0 aliphatic carbocycles. The average Bonchev–Trinajstić information content (AvgIpc) is 3.51. The maximum atomic E-state index is 13.0. The largest absolute Gasteiger partial charge is 0.472 e. The molecule has 510 valence electrons. The molecule has 0 radical (unpaired) electrons. The molecule has 0 rings (SSSR count). The number of esters is 4. The van der Waals surface area contributed by atoms with Crippen LogP contribution in [0, 0.1) is 11.8 Å². The normalized spacial score (nSPS) is 14.2. The summed E-state index contributed by atoms with van der Waals surface area (Å²) in [4.78, 5) is 72.2. The van der Waals surface area contributed by atoms with E-state index in [0.717, 1.165) is 102 Å². The van der Waals surface area contributed by atoms with Crippen LogP contribution in [0.15, 0.2) is 0 Å². The lowest BCUT2D eigenvalue weighted by Gasteiger charge is -2.21. The van der Waals surface area contributed by atoms with Gasteiger partial charge in [0, 0.05) is 25.7 Å². The van der Waals surface area contributed by atoms with Gasteiger partial charge in [0.15, 0.2) is 12.2 Å². The summed E-state index contributed by atoms with van der Waals surface area (Å²) in [7, 11) is -9.89. The van der Waals surface area contributed by atoms with Crippen molar-refractivity contribution >= 4 is 39.5 Å². The van der Waals surface area contributed by atoms with Crippen molar-refractivity contribution in [1.29, 1.82) is 0 Å². The van der Waals surface area contributed by atoms with Crippen molar-refractivity contribution in [3.63, 3.8) is 0 Å². The molecule has 0 aromatic carbocycles. The van der Waals surface area contributed by atoms with Gasteiger partial charge in [-0.1, -0.05) is 286 Å². The number of unbranched alkanes of at least 4 members (excludes halogenated alkanes) is 36. The van der Waals surface area contributed by atoms with E-state index in [1.165, 1.54) is 148 Å². The van der Waals surface area contributed by atoms with Gasteiger partial charge in [-0.05, 0) is 37.5 Å². The van der Waals surface area contributed by atoms with E-state index in [0.29, 0.717) is 31.6 Å². The Morgan fingerprint density at radius 3 is 0.791 bits per heavy atom. The van der Waals surface area contributed by atoms with E-state index in [4.69, 9.17) is 37.0 Å². The third-order valence-corrected chi connectivity index (χ3v) is 17.4. The Labute approximate surface area is 524 Å². The predicted molar refractivity (Wildman–Crippen MR) is 345 cm³/mol. The second-order valence-corrected chi connectivity index (χ2v) is 28.1. The number of hydrogen-bond acceptors (Lipinski definition) is 15. The molecular weight excluding hydrogens is 1140 g/mol. The van der Waals surface area contributed by atoms with Crippen molar-refractivity contribution in [2.75, 3.05) is 39.6 Å². The highest BCUT2D eigenvalue weighted by molar-refractivity contribution is 7.47. The van der Waals surface area contributed by atoms with Crippen LogP contribution in [0.4, 0.5) is 0 Å². The molecule has 0 heterocycles. The minimum Gasteiger partial charge on any atom is -0.462 e. The second-order valence-electron chi connectivity index (χ2n) is 25.2. The van der Waals surface area contributed by atoms with Gasteiger partial charge in [-0.3, -0.25) is 37.3 Å². The summed E-state index contributed by atoms with van der Waals surface area (Å²) in [6, 6.07) is 0. The van der Waals surface area contributed by atoms with Crippen LogP contribution in [-0.4, -0.2) is 96.7 Å². The summed E-state index contributed by atoms with van der Waals surface area (Å²) in [5.41, 5.74) is 0. The van der Waals surface area contributed by atoms with Gasteiger partial charge < -0.3 is 33.8 Å². The molecule has 0 saturated heterocycles. The lowest BCUT2D eigenvalue weighted by Crippen LogP contribution is -2.30. The van der Waals surface area contributed by atoms with E-state index in [1.807, 2.05) is 0 Å². The Hall–Kier alpha value is -1.94. The molecule has 0 fully saturated rings. The number of rotatable bonds is 66. The molecule has 0 bridgehead atoms. The standard InChI is InChI=1S/C67H130O17P2/c1-7-9-11-13-15-17-18-24-27-31-38-44-50-65(70)78-55-62(83-66(71)51-45-39-32-28-25-22-20-19-21-23-26-29-35-41-47-59(3)4)57-81-85(73,74)79-53-61(68)54-80-86(75,76)82-58-63(56-77-64(69)49-43-37-30-16-14-12-10-8-2)84-67(72)52-46-40-34-33-36-42-48-60(5)6/h59-63,68H,7-58H2,1-6H3,(H,73,74)(H,75,76)/t61-,62-,63-/m1/s1. The van der Waals surface area contributed by atoms with Gasteiger partial charge in [0.2, 0.25) is 0 Å². The number of carbonyl (C=O) groups excluding carboxylic acids is 4. The Morgan fingerprint density at radius 2 is 0.535 bits per heavy atom. The van der Waals surface area contributed by atoms with Crippen LogP contribution in [0.25, 0.3) is 0 Å². The smallest absolute Gasteiger partial charge is 0.462 e. The molecule has 2 unspecified atom stereocenters. The fourth-order valence-electron chi connectivity index (χ4n) is 10.1. The number of aliphatic hydroxyl groups excluding tert-OH is 1. The van der Waals surface area contributed by atoms with Crippen molar-refractivity contribution in [1.82, 2.24) is 0 Å². The quantitative estimate of drug-likeness (QED) is 0.0222. The Bertz CT molecular complexity index is 1680. The van der Waals surface area contributed by atoms with Gasteiger partial charge in [0.05, 0.1) is 26.4 Å². The van der Waals surface area contributed by atoms with E-state index in [9.17, 15) is 43.2 Å². The molecular formula is C67H130O17P2. The zero-order valence-electron chi connectivity index (χ0n) is 55.6. The summed E-state index contributed by atoms with van der Waals surface area (Å²) in [6.07, 6.45) is 43.2. The number of hydrogen-bond donors (Lipinski definition) is 3. The summed E-state index contributed by atoms with van der Waals surface area (Å²) >= 11 is 0. The summed E-state index contributed by atoms with van der Waals surface area (Å²) in [5.74, 6) is -0.670. The molecule has 0 aromatic heterocycles. The fourth-order valence-corrected chi connectivity index (χ4v) is 11.6. The average molecular weight is 1270 g/mol. The van der Waals surface area contributed by atoms with E-state index >= 15 is 0 Å². The molecule has 0 amide bonds. The first kappa shape index (κ1) is 84.1. The van der Waals surface area contributed by atoms with Crippen molar-refractivity contribution in [2.24, 2.45) is 11.8 Å². The number of aliphatic hydroxyl groups is 1. The van der Waals surface area contributed by atoms with Gasteiger partial charge in [-0.2, -0.15) is 0 Å². The maximum Gasteiger partial charge on any atom is 0.472 e. The number of ether oxygens (including phenoxy) is 4. The maximum absolute atomic E-state index is 13.0. The van der Waals surface area contributed by atoms with Crippen LogP contribution < -0.4 is 0 Å². The van der Waals surface area contributed by atoms with Gasteiger partial charge in [-0.15, -0.1) is 0 Å².